The Labute approximate surface area is 407 Å². The molecule has 2 aromatic heterocycles. The summed E-state index contributed by atoms with van der Waals surface area (Å²) < 4.78 is 81.2. The van der Waals surface area contributed by atoms with Crippen molar-refractivity contribution in [2.24, 2.45) is 23.3 Å². The molecule has 4 amide bonds. The van der Waals surface area contributed by atoms with Crippen LogP contribution in [0.4, 0.5) is 8.78 Å². The van der Waals surface area contributed by atoms with Gasteiger partial charge in [-0.15, -0.1) is 0 Å². The summed E-state index contributed by atoms with van der Waals surface area (Å²) in [5, 5.41) is 5.54. The number of amides is 4. The molecule has 0 unspecified atom stereocenters. The molecule has 22 heteroatoms. The van der Waals surface area contributed by atoms with Crippen LogP contribution in [0.15, 0.2) is 107 Å². The molecule has 0 spiro atoms. The monoisotopic (exact) mass is 1010 g/mol. The van der Waals surface area contributed by atoms with Crippen LogP contribution in [0.2, 0.25) is 0 Å². The largest absolute Gasteiger partial charge is 0.368 e. The van der Waals surface area contributed by atoms with Crippen LogP contribution in [0.3, 0.4) is 0 Å². The van der Waals surface area contributed by atoms with E-state index in [0.29, 0.717) is 76.3 Å². The van der Waals surface area contributed by atoms with Crippen molar-refractivity contribution in [2.75, 3.05) is 52.4 Å². The highest BCUT2D eigenvalue weighted by atomic mass is 32.2. The first kappa shape index (κ1) is 52.1. The van der Waals surface area contributed by atoms with Crippen molar-refractivity contribution in [1.82, 2.24) is 39.0 Å². The van der Waals surface area contributed by atoms with Gasteiger partial charge in [0.25, 0.3) is 0 Å². The number of piperazine rings is 2. The molecule has 4 fully saturated rings. The molecule has 70 heavy (non-hydrogen) atoms. The van der Waals surface area contributed by atoms with Crippen molar-refractivity contribution >= 4 is 43.7 Å². The van der Waals surface area contributed by atoms with Crippen LogP contribution < -0.4 is 22.1 Å². The molecule has 4 aromatic rings. The number of carbonyl (C=O) groups is 4. The van der Waals surface area contributed by atoms with E-state index in [1.807, 2.05) is 0 Å². The van der Waals surface area contributed by atoms with Crippen LogP contribution in [0.5, 0.6) is 0 Å². The maximum absolute atomic E-state index is 13.3. The summed E-state index contributed by atoms with van der Waals surface area (Å²) in [6, 6.07) is 14.7. The number of halogens is 2. The van der Waals surface area contributed by atoms with Gasteiger partial charge in [-0.1, -0.05) is 49.9 Å². The zero-order valence-corrected chi connectivity index (χ0v) is 40.3. The lowest BCUT2D eigenvalue weighted by atomic mass is 9.82. The maximum atomic E-state index is 13.3. The minimum absolute atomic E-state index is 0.0614. The van der Waals surface area contributed by atoms with Gasteiger partial charge in [-0.2, -0.15) is 8.61 Å². The van der Waals surface area contributed by atoms with Crippen molar-refractivity contribution < 1.29 is 44.8 Å². The number of hydrogen-bond acceptors (Lipinski definition) is 12. The fourth-order valence-electron chi connectivity index (χ4n) is 10.0. The highest BCUT2D eigenvalue weighted by Crippen LogP contribution is 2.33. The Hall–Kier alpha value is -5.78. The van der Waals surface area contributed by atoms with Crippen LogP contribution in [0.25, 0.3) is 0 Å². The highest BCUT2D eigenvalue weighted by Gasteiger charge is 2.41. The van der Waals surface area contributed by atoms with Gasteiger partial charge in [-0.05, 0) is 85.3 Å². The van der Waals surface area contributed by atoms with Gasteiger partial charge >= 0.3 is 0 Å². The van der Waals surface area contributed by atoms with E-state index >= 15 is 0 Å². The Balaban J connectivity index is 0.000000206. The quantitative estimate of drug-likeness (QED) is 0.142. The third kappa shape index (κ3) is 12.6. The SMILES string of the molecule is NC(=O)[C@@H](NC(=O)[C@@H]1CCCC[C@H]1N1CCN(S(=O)(=O)c2cccnc2)CC1)c1ccc(F)cc1.NC(=O)[C@@H](NC(=O)[C@H]1CCCC[C@@H]1N1CCN(S(=O)(=O)c2cccnc2)CC1)c1ccc(F)cc1. The molecule has 18 nitrogen and oxygen atoms in total. The number of nitrogens with zero attached hydrogens (tertiary/aromatic N) is 6. The Morgan fingerprint density at radius 3 is 1.19 bits per heavy atom. The number of nitrogens with two attached hydrogens (primary N) is 2. The zero-order chi connectivity index (χ0) is 50.0. The van der Waals surface area contributed by atoms with E-state index in [4.69, 9.17) is 11.5 Å². The van der Waals surface area contributed by atoms with Gasteiger partial charge in [-0.25, -0.2) is 25.6 Å². The van der Waals surface area contributed by atoms with Crippen LogP contribution in [0, 0.1) is 23.5 Å². The molecule has 2 aliphatic carbocycles. The molecule has 4 heterocycles. The fourth-order valence-corrected chi connectivity index (χ4v) is 12.8. The van der Waals surface area contributed by atoms with Crippen LogP contribution in [-0.4, -0.2) is 133 Å². The van der Waals surface area contributed by atoms with Gasteiger partial charge in [0.2, 0.25) is 43.7 Å². The molecule has 0 radical (unpaired) electrons. The predicted octanol–water partition coefficient (Wildman–Crippen LogP) is 2.86. The molecular formula is C48H60F2N10O8S2. The van der Waals surface area contributed by atoms with Crippen LogP contribution in [0.1, 0.15) is 74.6 Å². The number of benzene rings is 2. The number of aromatic nitrogens is 2. The van der Waals surface area contributed by atoms with Crippen molar-refractivity contribution in [3.8, 4) is 0 Å². The van der Waals surface area contributed by atoms with Crippen LogP contribution in [-0.2, 0) is 39.2 Å². The summed E-state index contributed by atoms with van der Waals surface area (Å²) in [6.45, 7) is 3.30. The number of primary amides is 2. The normalized spacial score (nSPS) is 22.9. The third-order valence-corrected chi connectivity index (χ3v) is 17.5. The lowest BCUT2D eigenvalue weighted by Crippen LogP contribution is -2.56. The minimum atomic E-state index is -3.62. The first-order valence-electron chi connectivity index (χ1n) is 23.5. The van der Waals surface area contributed by atoms with Crippen molar-refractivity contribution in [3.63, 3.8) is 0 Å². The molecule has 4 aliphatic rings. The first-order chi connectivity index (χ1) is 33.5. The van der Waals surface area contributed by atoms with Crippen LogP contribution >= 0.6 is 0 Å². The van der Waals surface area contributed by atoms with Gasteiger partial charge in [-0.3, -0.25) is 38.9 Å². The van der Waals surface area contributed by atoms with Gasteiger partial charge in [0.15, 0.2) is 0 Å². The average Bonchev–Trinajstić information content (AvgIpc) is 3.38. The highest BCUT2D eigenvalue weighted by molar-refractivity contribution is 7.89. The predicted molar refractivity (Wildman–Crippen MR) is 254 cm³/mol. The summed E-state index contributed by atoms with van der Waals surface area (Å²) in [4.78, 5) is 63.2. The second-order valence-corrected chi connectivity index (χ2v) is 21.8. The number of sulfonamides is 2. The second-order valence-electron chi connectivity index (χ2n) is 18.0. The molecule has 6 atom stereocenters. The van der Waals surface area contributed by atoms with Crippen molar-refractivity contribution in [1.29, 1.82) is 0 Å². The maximum Gasteiger partial charge on any atom is 0.244 e. The average molecular weight is 1010 g/mol. The Morgan fingerprint density at radius 2 is 0.871 bits per heavy atom. The molecule has 376 valence electrons. The number of nitrogens with one attached hydrogen (secondary N) is 2. The molecule has 2 saturated heterocycles. The summed E-state index contributed by atoms with van der Waals surface area (Å²) in [5.74, 6) is -3.57. The number of hydrogen-bond donors (Lipinski definition) is 4. The molecule has 2 aromatic carbocycles. The number of rotatable bonds is 14. The summed E-state index contributed by atoms with van der Waals surface area (Å²) in [6.07, 6.45) is 12.4. The van der Waals surface area contributed by atoms with E-state index in [1.165, 1.54) is 94.1 Å². The smallest absolute Gasteiger partial charge is 0.244 e. The molecule has 2 aliphatic heterocycles. The molecule has 2 saturated carbocycles. The molecule has 8 rings (SSSR count). The summed E-state index contributed by atoms with van der Waals surface area (Å²) in [7, 11) is -7.24. The lowest BCUT2D eigenvalue weighted by molar-refractivity contribution is -0.133. The minimum Gasteiger partial charge on any atom is -0.368 e. The van der Waals surface area contributed by atoms with E-state index in [1.54, 1.807) is 12.1 Å². The number of carbonyl (C=O) groups excluding carboxylic acids is 4. The standard InChI is InChI=1S/2C24H30FN5O4S/c2*25-18-9-7-17(8-10-18)22(23(26)31)28-24(32)20-5-1-2-6-21(20)29-12-14-30(15-13-29)35(33,34)19-4-3-11-27-16-19/h2*3-4,7-11,16,20-22H,1-2,5-6,12-15H2,(H2,26,31)(H,28,32)/t20-,21-,22+;20-,21-,22-/m10/s1. The summed E-state index contributed by atoms with van der Waals surface area (Å²) in [5.41, 5.74) is 11.9. The Bertz CT molecular complexity index is 2460. The summed E-state index contributed by atoms with van der Waals surface area (Å²) >= 11 is 0. The second kappa shape index (κ2) is 23.4. The van der Waals surface area contributed by atoms with E-state index < -0.39 is 55.6 Å². The Kier molecular flexibility index (Phi) is 17.4. The zero-order valence-electron chi connectivity index (χ0n) is 38.7. The molecule has 0 bridgehead atoms. The first-order valence-corrected chi connectivity index (χ1v) is 26.4. The molecular weight excluding hydrogens is 947 g/mol. The topological polar surface area (TPSA) is 251 Å². The molecule has 6 N–H and O–H groups in total. The van der Waals surface area contributed by atoms with E-state index in [0.717, 1.165) is 38.5 Å². The van der Waals surface area contributed by atoms with Gasteiger partial charge in [0.05, 0.1) is 11.8 Å². The van der Waals surface area contributed by atoms with Crippen molar-refractivity contribution in [3.05, 3.63) is 120 Å². The van der Waals surface area contributed by atoms with Gasteiger partial charge < -0.3 is 22.1 Å². The van der Waals surface area contributed by atoms with Gasteiger partial charge in [0, 0.05) is 89.2 Å². The van der Waals surface area contributed by atoms with Crippen molar-refractivity contribution in [2.45, 2.75) is 85.3 Å². The third-order valence-electron chi connectivity index (χ3n) is 13.7. The lowest BCUT2D eigenvalue weighted by Gasteiger charge is -2.43. The number of pyridine rings is 2. The van der Waals surface area contributed by atoms with E-state index in [2.05, 4.69) is 30.4 Å². The van der Waals surface area contributed by atoms with E-state index in [9.17, 15) is 44.8 Å². The Morgan fingerprint density at radius 1 is 0.529 bits per heavy atom. The van der Waals surface area contributed by atoms with E-state index in [-0.39, 0.29) is 45.5 Å². The van der Waals surface area contributed by atoms with Gasteiger partial charge in [0.1, 0.15) is 33.5 Å². The fraction of sp³-hybridized carbons (Fsp3) is 0.458.